The lowest BCUT2D eigenvalue weighted by Crippen LogP contribution is -2.32. The topological polar surface area (TPSA) is 41.5 Å². The van der Waals surface area contributed by atoms with Gasteiger partial charge in [0, 0.05) is 19.3 Å². The van der Waals surface area contributed by atoms with Gasteiger partial charge < -0.3 is 9.94 Å². The van der Waals surface area contributed by atoms with Crippen molar-refractivity contribution in [2.75, 3.05) is 13.2 Å². The van der Waals surface area contributed by atoms with E-state index in [1.165, 1.54) is 0 Å². The van der Waals surface area contributed by atoms with Crippen LogP contribution in [0.15, 0.2) is 0 Å². The molecule has 1 heterocycles. The summed E-state index contributed by atoms with van der Waals surface area (Å²) in [4.78, 5) is 0. The van der Waals surface area contributed by atoms with E-state index in [1.54, 1.807) is 0 Å². The molecule has 1 aliphatic rings. The van der Waals surface area contributed by atoms with Crippen LogP contribution in [0, 0.1) is 0 Å². The zero-order valence-corrected chi connectivity index (χ0v) is 4.76. The van der Waals surface area contributed by atoms with Crippen LogP contribution in [0.3, 0.4) is 0 Å². The molecular weight excluding hydrogens is 106 g/mol. The molecule has 0 aromatic heterocycles. The van der Waals surface area contributed by atoms with Gasteiger partial charge in [0.15, 0.2) is 0 Å². The summed E-state index contributed by atoms with van der Waals surface area (Å²) in [5, 5.41) is 8.39. The lowest BCUT2D eigenvalue weighted by Gasteiger charge is -2.19. The van der Waals surface area contributed by atoms with E-state index in [0.29, 0.717) is 0 Å². The molecule has 0 aromatic carbocycles. The molecule has 0 aliphatic carbocycles. The Morgan fingerprint density at radius 3 is 2.38 bits per heavy atom. The Morgan fingerprint density at radius 2 is 2.00 bits per heavy atom. The van der Waals surface area contributed by atoms with Crippen LogP contribution in [0.2, 0.25) is 0 Å². The average molecular weight is 117 g/mol. The van der Waals surface area contributed by atoms with E-state index in [1.807, 2.05) is 0 Å². The van der Waals surface area contributed by atoms with Gasteiger partial charge in [0.25, 0.3) is 0 Å². The maximum atomic E-state index is 8.39. The first kappa shape index (κ1) is 6.01. The summed E-state index contributed by atoms with van der Waals surface area (Å²) < 4.78 is 5.05. The Kier molecular flexibility index (Phi) is 2.27. The third kappa shape index (κ3) is 1.43. The summed E-state index contributed by atoms with van der Waals surface area (Å²) in [6, 6.07) is 0.267. The molecule has 1 fully saturated rings. The van der Waals surface area contributed by atoms with Gasteiger partial charge in [0.1, 0.15) is 0 Å². The largest absolute Gasteiger partial charge is 0.381 e. The van der Waals surface area contributed by atoms with Crippen LogP contribution in [0.25, 0.3) is 0 Å². The lowest BCUT2D eigenvalue weighted by atomic mass is 10.1. The maximum absolute atomic E-state index is 8.39. The molecule has 3 heteroatoms. The number of ether oxygens (including phenoxy) is 1. The Morgan fingerprint density at radius 1 is 1.38 bits per heavy atom. The average Bonchev–Trinajstić information content (AvgIpc) is 1.90. The second-order valence-corrected chi connectivity index (χ2v) is 2.02. The zero-order chi connectivity index (χ0) is 5.82. The second kappa shape index (κ2) is 3.02. The quantitative estimate of drug-likeness (QED) is 0.480. The van der Waals surface area contributed by atoms with Gasteiger partial charge >= 0.3 is 0 Å². The highest BCUT2D eigenvalue weighted by atomic mass is 16.5. The SMILES string of the molecule is ONC1CCOCC1. The van der Waals surface area contributed by atoms with E-state index < -0.39 is 0 Å². The number of rotatable bonds is 1. The number of nitrogens with one attached hydrogen (secondary N) is 1. The third-order valence-corrected chi connectivity index (χ3v) is 1.40. The van der Waals surface area contributed by atoms with Crippen molar-refractivity contribution in [3.05, 3.63) is 0 Å². The van der Waals surface area contributed by atoms with E-state index in [4.69, 9.17) is 9.94 Å². The molecule has 8 heavy (non-hydrogen) atoms. The molecule has 0 aromatic rings. The van der Waals surface area contributed by atoms with Crippen molar-refractivity contribution in [3.63, 3.8) is 0 Å². The van der Waals surface area contributed by atoms with Gasteiger partial charge in [-0.15, -0.1) is 0 Å². The summed E-state index contributed by atoms with van der Waals surface area (Å²) in [5.41, 5.74) is 2.22. The van der Waals surface area contributed by atoms with Crippen LogP contribution in [0.1, 0.15) is 12.8 Å². The van der Waals surface area contributed by atoms with Crippen molar-refractivity contribution in [3.8, 4) is 0 Å². The van der Waals surface area contributed by atoms with Crippen LogP contribution in [0.5, 0.6) is 0 Å². The maximum Gasteiger partial charge on any atom is 0.0481 e. The van der Waals surface area contributed by atoms with Gasteiger partial charge in [-0.25, -0.2) is 5.48 Å². The lowest BCUT2D eigenvalue weighted by molar-refractivity contribution is 0.0295. The molecule has 0 saturated carbocycles. The summed E-state index contributed by atoms with van der Waals surface area (Å²) in [5.74, 6) is 0. The van der Waals surface area contributed by atoms with Crippen LogP contribution < -0.4 is 5.48 Å². The first-order chi connectivity index (χ1) is 3.93. The van der Waals surface area contributed by atoms with Gasteiger partial charge in [-0.1, -0.05) is 0 Å². The first-order valence-corrected chi connectivity index (χ1v) is 2.91. The first-order valence-electron chi connectivity index (χ1n) is 2.91. The molecular formula is C5H11NO2. The van der Waals surface area contributed by atoms with Crippen LogP contribution >= 0.6 is 0 Å². The normalized spacial score (nSPS) is 23.6. The number of hydrogen-bond donors (Lipinski definition) is 2. The molecule has 48 valence electrons. The highest BCUT2D eigenvalue weighted by Gasteiger charge is 2.10. The summed E-state index contributed by atoms with van der Waals surface area (Å²) in [6.45, 7) is 1.55. The molecule has 2 N–H and O–H groups in total. The Hall–Kier alpha value is -0.120. The predicted octanol–water partition coefficient (Wildman–Crippen LogP) is 0.144. The highest BCUT2D eigenvalue weighted by molar-refractivity contribution is 4.64. The van der Waals surface area contributed by atoms with Gasteiger partial charge in [-0.3, -0.25) is 0 Å². The van der Waals surface area contributed by atoms with Gasteiger partial charge in [0.2, 0.25) is 0 Å². The van der Waals surface area contributed by atoms with Crippen molar-refractivity contribution >= 4 is 0 Å². The zero-order valence-electron chi connectivity index (χ0n) is 4.76. The fourth-order valence-electron chi connectivity index (χ4n) is 0.827. The third-order valence-electron chi connectivity index (χ3n) is 1.40. The molecule has 0 atom stereocenters. The molecule has 0 bridgehead atoms. The van der Waals surface area contributed by atoms with Crippen molar-refractivity contribution in [2.24, 2.45) is 0 Å². The van der Waals surface area contributed by atoms with Gasteiger partial charge in [-0.2, -0.15) is 0 Å². The monoisotopic (exact) mass is 117 g/mol. The molecule has 0 radical (unpaired) electrons. The van der Waals surface area contributed by atoms with Crippen molar-refractivity contribution < 1.29 is 9.94 Å². The number of hydrogen-bond acceptors (Lipinski definition) is 3. The van der Waals surface area contributed by atoms with Crippen LogP contribution in [0.4, 0.5) is 0 Å². The van der Waals surface area contributed by atoms with E-state index in [2.05, 4.69) is 5.48 Å². The standard InChI is InChI=1S/C5H11NO2/c7-6-5-1-3-8-4-2-5/h5-7H,1-4H2. The minimum Gasteiger partial charge on any atom is -0.381 e. The van der Waals surface area contributed by atoms with E-state index >= 15 is 0 Å². The fraction of sp³-hybridized carbons (Fsp3) is 1.00. The molecule has 0 spiro atoms. The highest BCUT2D eigenvalue weighted by Crippen LogP contribution is 2.04. The molecule has 1 rings (SSSR count). The molecule has 0 amide bonds. The fourth-order valence-corrected chi connectivity index (χ4v) is 0.827. The van der Waals surface area contributed by atoms with Gasteiger partial charge in [-0.05, 0) is 12.8 Å². The minimum atomic E-state index is 0.267. The smallest absolute Gasteiger partial charge is 0.0481 e. The number of hydroxylamine groups is 1. The van der Waals surface area contributed by atoms with Crippen LogP contribution in [-0.2, 0) is 4.74 Å². The Balaban J connectivity index is 2.13. The summed E-state index contributed by atoms with van der Waals surface area (Å²) >= 11 is 0. The van der Waals surface area contributed by atoms with E-state index in [0.717, 1.165) is 26.1 Å². The predicted molar refractivity (Wildman–Crippen MR) is 28.8 cm³/mol. The molecule has 3 nitrogen and oxygen atoms in total. The minimum absolute atomic E-state index is 0.267. The van der Waals surface area contributed by atoms with Crippen LogP contribution in [-0.4, -0.2) is 24.5 Å². The van der Waals surface area contributed by atoms with Crippen molar-refractivity contribution in [2.45, 2.75) is 18.9 Å². The molecule has 1 aliphatic heterocycles. The summed E-state index contributed by atoms with van der Waals surface area (Å²) in [6.07, 6.45) is 1.85. The second-order valence-electron chi connectivity index (χ2n) is 2.02. The van der Waals surface area contributed by atoms with Crippen molar-refractivity contribution in [1.82, 2.24) is 5.48 Å². The van der Waals surface area contributed by atoms with Crippen molar-refractivity contribution in [1.29, 1.82) is 0 Å². The van der Waals surface area contributed by atoms with Gasteiger partial charge in [0.05, 0.1) is 0 Å². The molecule has 1 saturated heterocycles. The van der Waals surface area contributed by atoms with E-state index in [9.17, 15) is 0 Å². The Bertz CT molecular complexity index is 61.4. The summed E-state index contributed by atoms with van der Waals surface area (Å²) in [7, 11) is 0. The molecule has 0 unspecified atom stereocenters. The Labute approximate surface area is 48.6 Å². The van der Waals surface area contributed by atoms with E-state index in [-0.39, 0.29) is 6.04 Å².